The van der Waals surface area contributed by atoms with Crippen molar-refractivity contribution in [1.82, 2.24) is 0 Å². The van der Waals surface area contributed by atoms with Crippen molar-refractivity contribution in [1.29, 1.82) is 0 Å². The van der Waals surface area contributed by atoms with Crippen molar-refractivity contribution in [2.75, 3.05) is 14.2 Å². The highest BCUT2D eigenvalue weighted by Crippen LogP contribution is 2.23. The van der Waals surface area contributed by atoms with Crippen LogP contribution < -0.4 is 0 Å². The first-order chi connectivity index (χ1) is 9.15. The minimum atomic E-state index is -0.334. The fraction of sp³-hybridized carbons (Fsp3) is 0.467. The highest BCUT2D eigenvalue weighted by molar-refractivity contribution is 5.82. The van der Waals surface area contributed by atoms with Crippen molar-refractivity contribution in [3.63, 3.8) is 0 Å². The summed E-state index contributed by atoms with van der Waals surface area (Å²) >= 11 is 0. The van der Waals surface area contributed by atoms with E-state index in [4.69, 9.17) is 0 Å². The second kappa shape index (κ2) is 8.29. The molecule has 0 heterocycles. The molecule has 4 heteroatoms. The lowest BCUT2D eigenvalue weighted by atomic mass is 10.0. The topological polar surface area (TPSA) is 52.6 Å². The van der Waals surface area contributed by atoms with Crippen LogP contribution in [0.15, 0.2) is 36.5 Å². The van der Waals surface area contributed by atoms with Gasteiger partial charge in [-0.25, -0.2) is 9.59 Å². The number of carbonyl (C=O) groups is 2. The number of allylic oxidation sites excluding steroid dienone is 4. The molecule has 0 amide bonds. The zero-order valence-electron chi connectivity index (χ0n) is 11.4. The summed E-state index contributed by atoms with van der Waals surface area (Å²) in [5.74, 6) is -0.175. The molecular weight excluding hydrogens is 244 g/mol. The highest BCUT2D eigenvalue weighted by atomic mass is 16.5. The molecule has 0 aromatic carbocycles. The molecule has 0 N–H and O–H groups in total. The van der Waals surface area contributed by atoms with Crippen LogP contribution in [0.1, 0.15) is 19.3 Å². The molecule has 0 unspecified atom stereocenters. The minimum absolute atomic E-state index is 0.246. The van der Waals surface area contributed by atoms with Crippen LogP contribution in [0.25, 0.3) is 0 Å². The number of rotatable bonds is 4. The first-order valence-corrected chi connectivity index (χ1v) is 6.36. The molecule has 0 fully saturated rings. The molecule has 0 saturated heterocycles. The van der Waals surface area contributed by atoms with Gasteiger partial charge in [0.15, 0.2) is 0 Å². The average molecular weight is 264 g/mol. The van der Waals surface area contributed by atoms with E-state index in [1.165, 1.54) is 26.4 Å². The maximum Gasteiger partial charge on any atom is 0.330 e. The van der Waals surface area contributed by atoms with E-state index in [0.717, 1.165) is 19.3 Å². The summed E-state index contributed by atoms with van der Waals surface area (Å²) in [7, 11) is 2.73. The summed E-state index contributed by atoms with van der Waals surface area (Å²) in [4.78, 5) is 22.0. The number of hydrogen-bond donors (Lipinski definition) is 0. The molecule has 4 nitrogen and oxygen atoms in total. The SMILES string of the molecule is COC(=O)/C=C\[C@H]1C=C[C@@H](/C=C\C(=O)OC)CCC1. The van der Waals surface area contributed by atoms with Crippen LogP contribution in [0, 0.1) is 11.8 Å². The zero-order chi connectivity index (χ0) is 14.1. The van der Waals surface area contributed by atoms with Crippen molar-refractivity contribution in [3.05, 3.63) is 36.5 Å². The van der Waals surface area contributed by atoms with Crippen LogP contribution in [0.4, 0.5) is 0 Å². The first-order valence-electron chi connectivity index (χ1n) is 6.36. The number of methoxy groups -OCH3 is 2. The predicted molar refractivity (Wildman–Crippen MR) is 72.3 cm³/mol. The van der Waals surface area contributed by atoms with Crippen LogP contribution in [0.5, 0.6) is 0 Å². The van der Waals surface area contributed by atoms with E-state index in [1.807, 2.05) is 12.2 Å². The molecule has 0 radical (unpaired) electrons. The summed E-state index contributed by atoms with van der Waals surface area (Å²) in [6.45, 7) is 0. The number of esters is 2. The van der Waals surface area contributed by atoms with Crippen molar-refractivity contribution in [2.24, 2.45) is 11.8 Å². The Labute approximate surface area is 113 Å². The summed E-state index contributed by atoms with van der Waals surface area (Å²) in [6.07, 6.45) is 13.8. The van der Waals surface area contributed by atoms with Gasteiger partial charge in [-0.05, 0) is 24.7 Å². The van der Waals surface area contributed by atoms with Crippen molar-refractivity contribution < 1.29 is 19.1 Å². The fourth-order valence-electron chi connectivity index (χ4n) is 1.93. The van der Waals surface area contributed by atoms with E-state index >= 15 is 0 Å². The van der Waals surface area contributed by atoms with Crippen LogP contribution >= 0.6 is 0 Å². The smallest absolute Gasteiger partial charge is 0.330 e. The third-order valence-electron chi connectivity index (χ3n) is 3.04. The summed E-state index contributed by atoms with van der Waals surface area (Å²) in [6, 6.07) is 0. The van der Waals surface area contributed by atoms with Gasteiger partial charge in [0.05, 0.1) is 14.2 Å². The standard InChI is InChI=1S/C15H20O4/c1-18-14(16)10-8-12-4-3-5-13(7-6-12)9-11-15(17)19-2/h6-13H,3-5H2,1-2H3/b10-8-,11-9-/t12-,13+. The minimum Gasteiger partial charge on any atom is -0.466 e. The van der Waals surface area contributed by atoms with E-state index in [9.17, 15) is 9.59 Å². The Balaban J connectivity index is 2.55. The van der Waals surface area contributed by atoms with Gasteiger partial charge in [-0.3, -0.25) is 0 Å². The molecule has 0 spiro atoms. The van der Waals surface area contributed by atoms with E-state index in [1.54, 1.807) is 0 Å². The van der Waals surface area contributed by atoms with Gasteiger partial charge in [0.2, 0.25) is 0 Å². The first kappa shape index (κ1) is 15.2. The number of carbonyl (C=O) groups excluding carboxylic acids is 2. The van der Waals surface area contributed by atoms with Gasteiger partial charge in [-0.15, -0.1) is 0 Å². The molecule has 19 heavy (non-hydrogen) atoms. The van der Waals surface area contributed by atoms with Crippen LogP contribution in [-0.2, 0) is 19.1 Å². The molecule has 0 aromatic heterocycles. The summed E-state index contributed by atoms with van der Waals surface area (Å²) < 4.78 is 9.12. The molecule has 0 bridgehead atoms. The molecule has 0 aliphatic heterocycles. The Morgan fingerprint density at radius 1 is 0.947 bits per heavy atom. The Kier molecular flexibility index (Phi) is 6.64. The van der Waals surface area contributed by atoms with Gasteiger partial charge in [0.1, 0.15) is 0 Å². The van der Waals surface area contributed by atoms with Gasteiger partial charge in [-0.2, -0.15) is 0 Å². The normalized spacial score (nSPS) is 23.5. The summed E-state index contributed by atoms with van der Waals surface area (Å²) in [5.41, 5.74) is 0. The van der Waals surface area contributed by atoms with Crippen molar-refractivity contribution in [3.8, 4) is 0 Å². The predicted octanol–water partition coefficient (Wildman–Crippen LogP) is 2.42. The van der Waals surface area contributed by atoms with Crippen molar-refractivity contribution in [2.45, 2.75) is 19.3 Å². The van der Waals surface area contributed by atoms with Gasteiger partial charge in [0.25, 0.3) is 0 Å². The third kappa shape index (κ3) is 6.04. The second-order valence-corrected chi connectivity index (χ2v) is 4.41. The largest absolute Gasteiger partial charge is 0.466 e. The Morgan fingerprint density at radius 3 is 1.74 bits per heavy atom. The Bertz CT molecular complexity index is 357. The van der Waals surface area contributed by atoms with E-state index in [-0.39, 0.29) is 23.8 Å². The molecule has 2 atom stereocenters. The average Bonchev–Trinajstić information content (AvgIpc) is 2.67. The van der Waals surface area contributed by atoms with Crippen molar-refractivity contribution >= 4 is 11.9 Å². The lowest BCUT2D eigenvalue weighted by Gasteiger charge is -2.04. The van der Waals surface area contributed by atoms with Crippen LogP contribution in [-0.4, -0.2) is 26.2 Å². The monoisotopic (exact) mass is 264 g/mol. The van der Waals surface area contributed by atoms with Crippen LogP contribution in [0.3, 0.4) is 0 Å². The molecule has 104 valence electrons. The fourth-order valence-corrected chi connectivity index (χ4v) is 1.93. The number of ether oxygens (including phenoxy) is 2. The maximum absolute atomic E-state index is 11.0. The van der Waals surface area contributed by atoms with Gasteiger partial charge in [-0.1, -0.05) is 30.7 Å². The lowest BCUT2D eigenvalue weighted by Crippen LogP contribution is -1.97. The third-order valence-corrected chi connectivity index (χ3v) is 3.04. The molecule has 1 aliphatic carbocycles. The Hall–Kier alpha value is -1.84. The van der Waals surface area contributed by atoms with Crippen LogP contribution in [0.2, 0.25) is 0 Å². The van der Waals surface area contributed by atoms with E-state index in [0.29, 0.717) is 0 Å². The van der Waals surface area contributed by atoms with E-state index in [2.05, 4.69) is 21.6 Å². The molecule has 1 aliphatic rings. The Morgan fingerprint density at radius 2 is 1.37 bits per heavy atom. The highest BCUT2D eigenvalue weighted by Gasteiger charge is 2.10. The molecule has 0 aromatic rings. The molecule has 1 rings (SSSR count). The van der Waals surface area contributed by atoms with Gasteiger partial charge < -0.3 is 9.47 Å². The van der Waals surface area contributed by atoms with E-state index < -0.39 is 0 Å². The quantitative estimate of drug-likeness (QED) is 0.444. The lowest BCUT2D eigenvalue weighted by molar-refractivity contribution is -0.135. The number of hydrogen-bond acceptors (Lipinski definition) is 4. The maximum atomic E-state index is 11.0. The van der Waals surface area contributed by atoms with Gasteiger partial charge >= 0.3 is 11.9 Å². The zero-order valence-corrected chi connectivity index (χ0v) is 11.4. The summed E-state index contributed by atoms with van der Waals surface area (Å²) in [5, 5.41) is 0. The molecular formula is C15H20O4. The molecule has 0 saturated carbocycles. The second-order valence-electron chi connectivity index (χ2n) is 4.41. The van der Waals surface area contributed by atoms with Gasteiger partial charge in [0, 0.05) is 12.2 Å².